The lowest BCUT2D eigenvalue weighted by atomic mass is 9.75. The van der Waals surface area contributed by atoms with Gasteiger partial charge in [0.1, 0.15) is 11.7 Å². The highest BCUT2D eigenvalue weighted by Gasteiger charge is 2.30. The van der Waals surface area contributed by atoms with Crippen LogP contribution < -0.4 is 10.6 Å². The zero-order chi connectivity index (χ0) is 22.9. The summed E-state index contributed by atoms with van der Waals surface area (Å²) in [5.74, 6) is -2.03. The molecule has 0 spiro atoms. The second-order valence-electron chi connectivity index (χ2n) is 7.53. The molecule has 2 aromatic carbocycles. The molecule has 8 nitrogen and oxygen atoms in total. The molecule has 9 heteroatoms. The van der Waals surface area contributed by atoms with Gasteiger partial charge in [0.15, 0.2) is 0 Å². The predicted octanol–water partition coefficient (Wildman–Crippen LogP) is 0.866. The first-order chi connectivity index (χ1) is 15.4. The molecule has 0 aliphatic heterocycles. The Morgan fingerprint density at radius 2 is 1.72 bits per heavy atom. The number of nitrogens with one attached hydrogen (secondary N) is 2. The molecule has 0 fully saturated rings. The molecule has 1 heterocycles. The molecule has 0 aliphatic rings. The third kappa shape index (κ3) is 6.73. The summed E-state index contributed by atoms with van der Waals surface area (Å²) in [6, 6.07) is 15.9. The van der Waals surface area contributed by atoms with Crippen molar-refractivity contribution >= 4 is 18.9 Å². The van der Waals surface area contributed by atoms with E-state index in [1.54, 1.807) is 0 Å². The van der Waals surface area contributed by atoms with Gasteiger partial charge in [-0.3, -0.25) is 14.6 Å². The second-order valence-corrected chi connectivity index (χ2v) is 7.53. The van der Waals surface area contributed by atoms with Crippen LogP contribution in [0.4, 0.5) is 0 Å². The maximum absolute atomic E-state index is 13.1. The van der Waals surface area contributed by atoms with Gasteiger partial charge in [0, 0.05) is 18.8 Å². The molecular weight excluding hydrogens is 407 g/mol. The quantitative estimate of drug-likeness (QED) is 0.372. The van der Waals surface area contributed by atoms with Gasteiger partial charge in [-0.2, -0.15) is 0 Å². The number of aryl methyl sites for hydroxylation is 1. The average molecular weight is 432 g/mol. The molecule has 3 aromatic rings. The number of carbonyl (C=O) groups is 2. The van der Waals surface area contributed by atoms with E-state index in [1.165, 1.54) is 18.6 Å². The van der Waals surface area contributed by atoms with Crippen LogP contribution in [0.2, 0.25) is 0 Å². The largest absolute Gasteiger partial charge is 0.475 e. The maximum Gasteiger partial charge on any atom is 0.475 e. The van der Waals surface area contributed by atoms with Gasteiger partial charge in [0.05, 0.1) is 12.1 Å². The first-order valence-electron chi connectivity index (χ1n) is 10.2. The molecule has 0 unspecified atom stereocenters. The van der Waals surface area contributed by atoms with Crippen LogP contribution in [0.1, 0.15) is 27.2 Å². The van der Waals surface area contributed by atoms with Crippen LogP contribution in [0.15, 0.2) is 73.2 Å². The minimum Gasteiger partial charge on any atom is -0.426 e. The fourth-order valence-corrected chi connectivity index (χ4v) is 3.31. The van der Waals surface area contributed by atoms with Gasteiger partial charge in [-0.15, -0.1) is 0 Å². The number of hydrogen-bond donors (Lipinski definition) is 4. The van der Waals surface area contributed by atoms with Crippen molar-refractivity contribution in [2.45, 2.75) is 31.7 Å². The van der Waals surface area contributed by atoms with E-state index >= 15 is 0 Å². The third-order valence-corrected chi connectivity index (χ3v) is 4.93. The molecule has 2 atom stereocenters. The number of amides is 2. The molecule has 32 heavy (non-hydrogen) atoms. The Labute approximate surface area is 186 Å². The van der Waals surface area contributed by atoms with Crippen molar-refractivity contribution in [3.8, 4) is 0 Å². The first kappa shape index (κ1) is 23.1. The van der Waals surface area contributed by atoms with E-state index in [1.807, 2.05) is 61.5 Å². The van der Waals surface area contributed by atoms with Crippen LogP contribution in [0.3, 0.4) is 0 Å². The summed E-state index contributed by atoms with van der Waals surface area (Å²) < 4.78 is 0. The maximum atomic E-state index is 13.1. The summed E-state index contributed by atoms with van der Waals surface area (Å²) in [5, 5.41) is 25.1. The molecule has 0 saturated carbocycles. The van der Waals surface area contributed by atoms with E-state index < -0.39 is 30.9 Å². The summed E-state index contributed by atoms with van der Waals surface area (Å²) in [6.45, 7) is 1.93. The lowest BCUT2D eigenvalue weighted by molar-refractivity contribution is -0.123. The molecule has 0 saturated heterocycles. The fourth-order valence-electron chi connectivity index (χ4n) is 3.31. The third-order valence-electron chi connectivity index (χ3n) is 4.93. The molecule has 1 aromatic heterocycles. The first-order valence-corrected chi connectivity index (χ1v) is 10.2. The Kier molecular flexibility index (Phi) is 8.07. The number of carbonyl (C=O) groups excluding carboxylic acids is 2. The van der Waals surface area contributed by atoms with Crippen LogP contribution in [0.5, 0.6) is 0 Å². The molecule has 4 N–H and O–H groups in total. The van der Waals surface area contributed by atoms with Crippen molar-refractivity contribution in [2.75, 3.05) is 0 Å². The van der Waals surface area contributed by atoms with Gasteiger partial charge in [0.25, 0.3) is 5.91 Å². The molecule has 0 radical (unpaired) electrons. The van der Waals surface area contributed by atoms with E-state index in [4.69, 9.17) is 0 Å². The van der Waals surface area contributed by atoms with Gasteiger partial charge in [-0.1, -0.05) is 60.2 Å². The summed E-state index contributed by atoms with van der Waals surface area (Å²) in [5.41, 5.74) is 2.80. The Hall–Kier alpha value is -3.56. The summed E-state index contributed by atoms with van der Waals surface area (Å²) >= 11 is 0. The van der Waals surface area contributed by atoms with E-state index in [2.05, 4.69) is 20.6 Å². The van der Waals surface area contributed by atoms with Crippen molar-refractivity contribution < 1.29 is 19.6 Å². The lowest BCUT2D eigenvalue weighted by Crippen LogP contribution is -2.55. The van der Waals surface area contributed by atoms with Gasteiger partial charge in [0.2, 0.25) is 5.91 Å². The number of benzene rings is 2. The fraction of sp³-hybridized carbons (Fsp3) is 0.217. The minimum absolute atomic E-state index is 0.0804. The zero-order valence-electron chi connectivity index (χ0n) is 17.7. The van der Waals surface area contributed by atoms with Crippen molar-refractivity contribution in [2.24, 2.45) is 0 Å². The van der Waals surface area contributed by atoms with Crippen molar-refractivity contribution in [1.82, 2.24) is 20.6 Å². The highest BCUT2D eigenvalue weighted by atomic mass is 16.4. The zero-order valence-corrected chi connectivity index (χ0v) is 17.7. The second kappa shape index (κ2) is 11.2. The molecular formula is C23H25BN4O4. The molecule has 0 bridgehead atoms. The summed E-state index contributed by atoms with van der Waals surface area (Å²) in [7, 11) is -1.77. The monoisotopic (exact) mass is 432 g/mol. The van der Waals surface area contributed by atoms with Crippen LogP contribution in [-0.4, -0.2) is 50.9 Å². The Bertz CT molecular complexity index is 1030. The SMILES string of the molecule is Cc1cccc(C[C@H](NC(=O)[C@H](Cc2ccccc2)NC(=O)c2cnccn2)B(O)O)c1. The van der Waals surface area contributed by atoms with Crippen LogP contribution in [-0.2, 0) is 17.6 Å². The van der Waals surface area contributed by atoms with E-state index in [-0.39, 0.29) is 18.5 Å². The van der Waals surface area contributed by atoms with E-state index in [0.717, 1.165) is 16.7 Å². The van der Waals surface area contributed by atoms with Gasteiger partial charge in [-0.25, -0.2) is 4.98 Å². The van der Waals surface area contributed by atoms with Crippen molar-refractivity contribution in [3.63, 3.8) is 0 Å². The number of rotatable bonds is 9. The van der Waals surface area contributed by atoms with Crippen LogP contribution in [0.25, 0.3) is 0 Å². The van der Waals surface area contributed by atoms with Gasteiger partial charge >= 0.3 is 7.12 Å². The van der Waals surface area contributed by atoms with Crippen LogP contribution in [0, 0.1) is 6.92 Å². The van der Waals surface area contributed by atoms with Gasteiger partial charge in [-0.05, 0) is 24.5 Å². The highest BCUT2D eigenvalue weighted by molar-refractivity contribution is 6.43. The molecule has 2 amide bonds. The van der Waals surface area contributed by atoms with E-state index in [0.29, 0.717) is 0 Å². The Morgan fingerprint density at radius 1 is 0.969 bits per heavy atom. The topological polar surface area (TPSA) is 124 Å². The molecule has 164 valence electrons. The number of nitrogens with zero attached hydrogens (tertiary/aromatic N) is 2. The Morgan fingerprint density at radius 3 is 2.38 bits per heavy atom. The molecule has 0 aliphatic carbocycles. The van der Waals surface area contributed by atoms with Crippen molar-refractivity contribution in [1.29, 1.82) is 0 Å². The minimum atomic E-state index is -1.77. The van der Waals surface area contributed by atoms with Gasteiger partial charge < -0.3 is 20.7 Å². The molecule has 3 rings (SSSR count). The summed E-state index contributed by atoms with van der Waals surface area (Å²) in [4.78, 5) is 33.6. The Balaban J connectivity index is 1.76. The summed E-state index contributed by atoms with van der Waals surface area (Å²) in [6.07, 6.45) is 4.59. The average Bonchev–Trinajstić information content (AvgIpc) is 2.79. The standard InChI is InChI=1S/C23H25BN4O4/c1-16-6-5-9-18(12-16)14-21(24(31)32)28-22(29)19(13-17-7-3-2-4-8-17)27-23(30)20-15-25-10-11-26-20/h2-12,15,19,21,31-32H,13-14H2,1H3,(H,27,30)(H,28,29)/t19-,21-/m0/s1. The van der Waals surface area contributed by atoms with E-state index in [9.17, 15) is 19.6 Å². The van der Waals surface area contributed by atoms with Crippen LogP contribution >= 0.6 is 0 Å². The smallest absolute Gasteiger partial charge is 0.426 e. The lowest BCUT2D eigenvalue weighted by Gasteiger charge is -2.23. The predicted molar refractivity (Wildman–Crippen MR) is 120 cm³/mol. The van der Waals surface area contributed by atoms with Crippen molar-refractivity contribution in [3.05, 3.63) is 95.6 Å². The number of hydrogen-bond acceptors (Lipinski definition) is 6. The highest BCUT2D eigenvalue weighted by Crippen LogP contribution is 2.09. The normalized spacial score (nSPS) is 12.5. The number of aromatic nitrogens is 2.